The topological polar surface area (TPSA) is 92.8 Å². The quantitative estimate of drug-likeness (QED) is 0.126. The van der Waals surface area contributed by atoms with Gasteiger partial charge in [-0.1, -0.05) is 77.6 Å². The summed E-state index contributed by atoms with van der Waals surface area (Å²) in [4.78, 5) is 28.2. The Kier molecular flexibility index (Phi) is 13.2. The van der Waals surface area contributed by atoms with E-state index in [1.807, 2.05) is 0 Å². The summed E-state index contributed by atoms with van der Waals surface area (Å²) in [7, 11) is -3.55. The highest BCUT2D eigenvalue weighted by molar-refractivity contribution is 7.91. The Balaban J connectivity index is 1.71. The van der Waals surface area contributed by atoms with Gasteiger partial charge in [0, 0.05) is 17.5 Å². The Morgan fingerprint density at radius 2 is 1.67 bits per heavy atom. The van der Waals surface area contributed by atoms with E-state index in [4.69, 9.17) is 4.84 Å². The fourth-order valence-corrected chi connectivity index (χ4v) is 6.66. The molecule has 0 saturated heterocycles. The molecule has 0 aliphatic heterocycles. The van der Waals surface area contributed by atoms with Gasteiger partial charge in [-0.25, -0.2) is 17.9 Å². The fraction of sp³-hybridized carbons (Fsp3) is 0.750. The highest BCUT2D eigenvalue weighted by atomic mass is 32.2. The summed E-state index contributed by atoms with van der Waals surface area (Å²) in [5.74, 6) is -0.926. The molecule has 1 aliphatic rings. The number of carbonyl (C=O) groups is 2. The molecule has 0 aromatic carbocycles. The zero-order valence-electron chi connectivity index (χ0n) is 19.9. The monoisotopic (exact) mass is 500 g/mol. The van der Waals surface area contributed by atoms with Crippen LogP contribution in [-0.2, 0) is 31.0 Å². The number of sulfonamides is 1. The smallest absolute Gasteiger partial charge is 0.361 e. The van der Waals surface area contributed by atoms with Gasteiger partial charge < -0.3 is 4.84 Å². The van der Waals surface area contributed by atoms with Crippen LogP contribution in [0.4, 0.5) is 0 Å². The van der Waals surface area contributed by atoms with Crippen LogP contribution >= 0.6 is 11.3 Å². The minimum atomic E-state index is -3.55. The van der Waals surface area contributed by atoms with Crippen molar-refractivity contribution >= 4 is 33.6 Å². The molecular formula is C24H40N2O5S2. The lowest BCUT2D eigenvalue weighted by molar-refractivity contribution is -0.202. The summed E-state index contributed by atoms with van der Waals surface area (Å²) in [6.45, 7) is 2.95. The number of hydrogen-bond acceptors (Lipinski definition) is 7. The molecule has 0 atom stereocenters. The molecule has 7 nitrogen and oxygen atoms in total. The summed E-state index contributed by atoms with van der Waals surface area (Å²) in [5.41, 5.74) is 0. The van der Waals surface area contributed by atoms with Crippen molar-refractivity contribution in [1.29, 1.82) is 0 Å². The van der Waals surface area contributed by atoms with Crippen molar-refractivity contribution in [1.82, 2.24) is 9.79 Å². The van der Waals surface area contributed by atoms with Crippen LogP contribution in [-0.4, -0.2) is 38.3 Å². The number of hydroxylamine groups is 2. The molecule has 1 aromatic heterocycles. The molecule has 0 bridgehead atoms. The molecule has 1 heterocycles. The van der Waals surface area contributed by atoms with Gasteiger partial charge in [-0.3, -0.25) is 4.79 Å². The predicted molar refractivity (Wildman–Crippen MR) is 131 cm³/mol. The zero-order chi connectivity index (χ0) is 23.9. The van der Waals surface area contributed by atoms with Gasteiger partial charge in [0.25, 0.3) is 0 Å². The van der Waals surface area contributed by atoms with Crippen LogP contribution in [0.3, 0.4) is 0 Å². The van der Waals surface area contributed by atoms with Gasteiger partial charge in [0.05, 0.1) is 6.54 Å². The summed E-state index contributed by atoms with van der Waals surface area (Å²) < 4.78 is 28.2. The SMILES string of the molecule is CCCCCCCCCCCCNS(=O)(=O)c1ccc(CN(OC(=O)C=O)C2CCCC2)s1. The van der Waals surface area contributed by atoms with Gasteiger partial charge in [-0.15, -0.1) is 16.4 Å². The van der Waals surface area contributed by atoms with Crippen molar-refractivity contribution in [3.05, 3.63) is 17.0 Å². The predicted octanol–water partition coefficient (Wildman–Crippen LogP) is 5.35. The van der Waals surface area contributed by atoms with Crippen LogP contribution in [0.5, 0.6) is 0 Å². The minimum absolute atomic E-state index is 0.0607. The number of thiophene rings is 1. The van der Waals surface area contributed by atoms with E-state index < -0.39 is 16.0 Å². The third kappa shape index (κ3) is 10.7. The van der Waals surface area contributed by atoms with E-state index in [9.17, 15) is 18.0 Å². The molecule has 1 aliphatic carbocycles. The van der Waals surface area contributed by atoms with Crippen LogP contribution in [0, 0.1) is 0 Å². The van der Waals surface area contributed by atoms with E-state index in [2.05, 4.69) is 11.6 Å². The standard InChI is InChI=1S/C24H40N2O5S2/c1-2-3-4-5-6-7-8-9-10-13-18-25-33(29,30)24-17-16-22(32-24)19-26(31-23(28)20-27)21-14-11-12-15-21/h16-17,20-21,25H,2-15,18-19H2,1H3. The van der Waals surface area contributed by atoms with Crippen LogP contribution in [0.15, 0.2) is 16.3 Å². The summed E-state index contributed by atoms with van der Waals surface area (Å²) in [5, 5.41) is 1.53. The second-order valence-corrected chi connectivity index (χ2v) is 12.0. The Labute approximate surface area is 203 Å². The number of carbonyl (C=O) groups excluding carboxylic acids is 2. The molecule has 1 saturated carbocycles. The first-order valence-corrected chi connectivity index (χ1v) is 14.8. The Morgan fingerprint density at radius 3 is 2.27 bits per heavy atom. The van der Waals surface area contributed by atoms with Gasteiger partial charge in [-0.05, 0) is 31.4 Å². The van der Waals surface area contributed by atoms with Crippen molar-refractivity contribution in [2.45, 2.75) is 114 Å². The molecule has 0 amide bonds. The summed E-state index contributed by atoms with van der Waals surface area (Å²) >= 11 is 1.17. The number of aldehydes is 1. The van der Waals surface area contributed by atoms with Crippen LogP contribution in [0.2, 0.25) is 0 Å². The Bertz CT molecular complexity index is 804. The largest absolute Gasteiger partial charge is 0.390 e. The highest BCUT2D eigenvalue weighted by Gasteiger charge is 2.27. The second-order valence-electron chi connectivity index (χ2n) is 8.84. The number of nitrogens with zero attached hydrogens (tertiary/aromatic N) is 1. The van der Waals surface area contributed by atoms with Crippen molar-refractivity contribution < 1.29 is 22.8 Å². The van der Waals surface area contributed by atoms with E-state index in [0.29, 0.717) is 6.54 Å². The number of nitrogens with one attached hydrogen (secondary N) is 1. The lowest BCUT2D eigenvalue weighted by atomic mass is 10.1. The van der Waals surface area contributed by atoms with Gasteiger partial charge in [0.15, 0.2) is 0 Å². The van der Waals surface area contributed by atoms with E-state index >= 15 is 0 Å². The number of hydrogen-bond donors (Lipinski definition) is 1. The van der Waals surface area contributed by atoms with E-state index in [1.165, 1.54) is 61.3 Å². The Hall–Kier alpha value is -1.29. The van der Waals surface area contributed by atoms with Crippen LogP contribution in [0.1, 0.15) is 102 Å². The summed E-state index contributed by atoms with van der Waals surface area (Å²) in [6.07, 6.45) is 16.1. The Morgan fingerprint density at radius 1 is 1.06 bits per heavy atom. The number of unbranched alkanes of at least 4 members (excludes halogenated alkanes) is 9. The third-order valence-corrected chi connectivity index (χ3v) is 9.09. The molecule has 0 spiro atoms. The van der Waals surface area contributed by atoms with Crippen molar-refractivity contribution in [2.75, 3.05) is 6.54 Å². The fourth-order valence-electron chi connectivity index (χ4n) is 4.20. The highest BCUT2D eigenvalue weighted by Crippen LogP contribution is 2.28. The molecular weight excluding hydrogens is 460 g/mol. The van der Waals surface area contributed by atoms with Crippen molar-refractivity contribution in [3.8, 4) is 0 Å². The van der Waals surface area contributed by atoms with Gasteiger partial charge in [0.2, 0.25) is 16.3 Å². The average Bonchev–Trinajstić information content (AvgIpc) is 3.49. The third-order valence-electron chi connectivity index (χ3n) is 6.07. The number of rotatable bonds is 18. The second kappa shape index (κ2) is 15.6. The van der Waals surface area contributed by atoms with Crippen molar-refractivity contribution in [3.63, 3.8) is 0 Å². The van der Waals surface area contributed by atoms with Gasteiger partial charge in [0.1, 0.15) is 4.21 Å². The first kappa shape index (κ1) is 28.0. The van der Waals surface area contributed by atoms with Crippen LogP contribution < -0.4 is 4.72 Å². The van der Waals surface area contributed by atoms with Crippen molar-refractivity contribution in [2.24, 2.45) is 0 Å². The molecule has 1 aromatic rings. The van der Waals surface area contributed by atoms with Gasteiger partial charge in [-0.2, -0.15) is 0 Å². The van der Waals surface area contributed by atoms with E-state index in [0.717, 1.165) is 49.8 Å². The molecule has 33 heavy (non-hydrogen) atoms. The molecule has 9 heteroatoms. The maximum absolute atomic E-state index is 12.6. The van der Waals surface area contributed by atoms with E-state index in [-0.39, 0.29) is 23.1 Å². The molecule has 188 valence electrons. The lowest BCUT2D eigenvalue weighted by Gasteiger charge is -2.25. The average molecular weight is 501 g/mol. The summed E-state index contributed by atoms with van der Waals surface area (Å²) in [6, 6.07) is 3.40. The minimum Gasteiger partial charge on any atom is -0.361 e. The lowest BCUT2D eigenvalue weighted by Crippen LogP contribution is -2.35. The van der Waals surface area contributed by atoms with E-state index in [1.54, 1.807) is 12.1 Å². The zero-order valence-corrected chi connectivity index (χ0v) is 21.6. The molecule has 1 fully saturated rings. The maximum Gasteiger partial charge on any atom is 0.390 e. The van der Waals surface area contributed by atoms with Crippen LogP contribution in [0.25, 0.3) is 0 Å². The van der Waals surface area contributed by atoms with Gasteiger partial charge >= 0.3 is 5.97 Å². The molecule has 0 radical (unpaired) electrons. The molecule has 2 rings (SSSR count). The first-order chi connectivity index (χ1) is 16.0. The first-order valence-electron chi connectivity index (χ1n) is 12.5. The maximum atomic E-state index is 12.6. The molecule has 1 N–H and O–H groups in total. The normalized spacial score (nSPS) is 14.7. The molecule has 0 unspecified atom stereocenters.